The van der Waals surface area contributed by atoms with Gasteiger partial charge in [-0.15, -0.1) is 0 Å². The van der Waals surface area contributed by atoms with Gasteiger partial charge in [-0.25, -0.2) is 4.39 Å². The summed E-state index contributed by atoms with van der Waals surface area (Å²) in [6.45, 7) is 2.14. The number of hydrogen-bond acceptors (Lipinski definition) is 5. The van der Waals surface area contributed by atoms with Gasteiger partial charge in [0.2, 0.25) is 0 Å². The predicted octanol–water partition coefficient (Wildman–Crippen LogP) is 3.69. The number of halogens is 1. The summed E-state index contributed by atoms with van der Waals surface area (Å²) in [5.74, 6) is -0.661. The number of aromatic hydroxyl groups is 1. The van der Waals surface area contributed by atoms with Gasteiger partial charge >= 0.3 is 0 Å². The van der Waals surface area contributed by atoms with Crippen LogP contribution in [0.2, 0.25) is 0 Å². The van der Waals surface area contributed by atoms with Gasteiger partial charge in [0.15, 0.2) is 0 Å². The van der Waals surface area contributed by atoms with Gasteiger partial charge in [0.1, 0.15) is 17.3 Å². The number of phenols is 1. The summed E-state index contributed by atoms with van der Waals surface area (Å²) in [5.41, 5.74) is 3.73. The highest BCUT2D eigenvalue weighted by atomic mass is 19.1. The minimum atomic E-state index is -0.782. The van der Waals surface area contributed by atoms with Crippen molar-refractivity contribution in [1.29, 1.82) is 0 Å². The van der Waals surface area contributed by atoms with Crippen LogP contribution in [0.4, 0.5) is 4.39 Å². The Morgan fingerprint density at radius 3 is 2.64 bits per heavy atom. The van der Waals surface area contributed by atoms with E-state index in [1.54, 1.807) is 36.4 Å². The third-order valence-electron chi connectivity index (χ3n) is 6.19. The minimum Gasteiger partial charge on any atom is -0.508 e. The fraction of sp³-hybridized carbons (Fsp3) is 0.250. The zero-order valence-electron chi connectivity index (χ0n) is 20.0. The molecule has 0 unspecified atom stereocenters. The highest BCUT2D eigenvalue weighted by molar-refractivity contribution is 5.98. The third-order valence-corrected chi connectivity index (χ3v) is 6.19. The van der Waals surface area contributed by atoms with E-state index in [1.165, 1.54) is 12.1 Å². The zero-order chi connectivity index (χ0) is 25.7. The molecule has 0 spiro atoms. The normalized spacial score (nSPS) is 13.0. The Morgan fingerprint density at radius 1 is 1.06 bits per heavy atom. The van der Waals surface area contributed by atoms with Crippen molar-refractivity contribution < 1.29 is 24.5 Å². The van der Waals surface area contributed by atoms with Gasteiger partial charge in [0, 0.05) is 41.2 Å². The number of H-pyrrole nitrogens is 1. The van der Waals surface area contributed by atoms with Crippen molar-refractivity contribution in [2.24, 2.45) is 0 Å². The molecule has 1 amide bonds. The van der Waals surface area contributed by atoms with Crippen LogP contribution in [0.3, 0.4) is 0 Å². The lowest BCUT2D eigenvalue weighted by Gasteiger charge is -2.18. The maximum Gasteiger partial charge on any atom is 0.267 e. The molecule has 2 atom stereocenters. The van der Waals surface area contributed by atoms with Gasteiger partial charge in [0.05, 0.1) is 12.7 Å². The number of carbonyl (C=O) groups excluding carboxylic acids is 1. The topological polar surface area (TPSA) is 118 Å². The standard InChI is InChI=1S/C28H30FN3O4/c1-17(30-15-27(35)19-7-9-26(34)22(12-19)16-33)10-18-6-8-24-21(11-18)13-25(32-24)28(36)31-14-20-4-2-3-5-23(20)29/h2-9,11-13,17,27,30,32-35H,10,14-16H2,1H3,(H,31,36)/t17-,27+/m1/s1. The van der Waals surface area contributed by atoms with E-state index in [-0.39, 0.29) is 36.7 Å². The summed E-state index contributed by atoms with van der Waals surface area (Å²) < 4.78 is 13.8. The molecular weight excluding hydrogens is 461 g/mol. The second-order valence-corrected chi connectivity index (χ2v) is 8.95. The predicted molar refractivity (Wildman–Crippen MR) is 136 cm³/mol. The number of amides is 1. The first-order valence-corrected chi connectivity index (χ1v) is 11.8. The third kappa shape index (κ3) is 6.09. The summed E-state index contributed by atoms with van der Waals surface area (Å²) in [4.78, 5) is 15.7. The van der Waals surface area contributed by atoms with Crippen LogP contribution in [-0.2, 0) is 19.6 Å². The van der Waals surface area contributed by atoms with Gasteiger partial charge < -0.3 is 30.9 Å². The summed E-state index contributed by atoms with van der Waals surface area (Å²) in [6.07, 6.45) is -0.0731. The van der Waals surface area contributed by atoms with Crippen molar-refractivity contribution >= 4 is 16.8 Å². The molecule has 4 aromatic rings. The minimum absolute atomic E-state index is 0.000608. The van der Waals surface area contributed by atoms with Crippen molar-refractivity contribution in [2.45, 2.75) is 38.6 Å². The molecule has 0 saturated carbocycles. The van der Waals surface area contributed by atoms with Crippen molar-refractivity contribution in [3.8, 4) is 5.75 Å². The van der Waals surface area contributed by atoms with E-state index < -0.39 is 6.10 Å². The average molecular weight is 492 g/mol. The molecule has 3 aromatic carbocycles. The smallest absolute Gasteiger partial charge is 0.267 e. The molecule has 36 heavy (non-hydrogen) atoms. The summed E-state index contributed by atoms with van der Waals surface area (Å²) >= 11 is 0. The van der Waals surface area contributed by atoms with E-state index in [9.17, 15) is 24.5 Å². The quantitative estimate of drug-likeness (QED) is 0.202. The monoisotopic (exact) mass is 491 g/mol. The van der Waals surface area contributed by atoms with Crippen molar-refractivity contribution in [2.75, 3.05) is 6.54 Å². The fourth-order valence-electron chi connectivity index (χ4n) is 4.14. The van der Waals surface area contributed by atoms with Crippen LogP contribution < -0.4 is 10.6 Å². The lowest BCUT2D eigenvalue weighted by Crippen LogP contribution is -2.32. The van der Waals surface area contributed by atoms with Crippen molar-refractivity contribution in [3.05, 3.63) is 100 Å². The molecule has 0 fully saturated rings. The Balaban J connectivity index is 1.33. The second-order valence-electron chi connectivity index (χ2n) is 8.95. The van der Waals surface area contributed by atoms with Gasteiger partial charge in [-0.2, -0.15) is 0 Å². The van der Waals surface area contributed by atoms with Crippen LogP contribution in [0, 0.1) is 5.82 Å². The molecule has 0 aliphatic carbocycles. The van der Waals surface area contributed by atoms with Crippen LogP contribution in [-0.4, -0.2) is 38.8 Å². The highest BCUT2D eigenvalue weighted by Crippen LogP contribution is 2.23. The van der Waals surface area contributed by atoms with Crippen LogP contribution >= 0.6 is 0 Å². The molecule has 188 valence electrons. The number of nitrogens with one attached hydrogen (secondary N) is 3. The Labute approximate surface area is 208 Å². The summed E-state index contributed by atoms with van der Waals surface area (Å²) in [5, 5.41) is 36.4. The summed E-state index contributed by atoms with van der Waals surface area (Å²) in [7, 11) is 0. The molecule has 1 aromatic heterocycles. The largest absolute Gasteiger partial charge is 0.508 e. The van der Waals surface area contributed by atoms with Crippen LogP contribution in [0.1, 0.15) is 45.8 Å². The van der Waals surface area contributed by atoms with E-state index in [1.807, 2.05) is 25.1 Å². The Bertz CT molecular complexity index is 1350. The molecular formula is C28H30FN3O4. The number of hydrogen-bond donors (Lipinski definition) is 6. The number of aromatic amines is 1. The highest BCUT2D eigenvalue weighted by Gasteiger charge is 2.14. The molecule has 0 saturated heterocycles. The lowest BCUT2D eigenvalue weighted by molar-refractivity contribution is 0.0946. The second kappa shape index (κ2) is 11.3. The first-order valence-electron chi connectivity index (χ1n) is 11.8. The van der Waals surface area contributed by atoms with Gasteiger partial charge in [0.25, 0.3) is 5.91 Å². The lowest BCUT2D eigenvalue weighted by atomic mass is 10.0. The molecule has 4 rings (SSSR count). The number of aromatic nitrogens is 1. The van der Waals surface area contributed by atoms with E-state index in [4.69, 9.17) is 0 Å². The maximum atomic E-state index is 13.8. The maximum absolute atomic E-state index is 13.8. The molecule has 8 heteroatoms. The summed E-state index contributed by atoms with van der Waals surface area (Å²) in [6, 6.07) is 18.8. The Kier molecular flexibility index (Phi) is 8.00. The molecule has 0 radical (unpaired) electrons. The van der Waals surface area contributed by atoms with Crippen molar-refractivity contribution in [1.82, 2.24) is 15.6 Å². The van der Waals surface area contributed by atoms with Crippen LogP contribution in [0.15, 0.2) is 66.7 Å². The number of aliphatic hydroxyl groups excluding tert-OH is 2. The van der Waals surface area contributed by atoms with E-state index in [2.05, 4.69) is 15.6 Å². The first kappa shape index (κ1) is 25.4. The molecule has 6 N–H and O–H groups in total. The zero-order valence-corrected chi connectivity index (χ0v) is 20.0. The van der Waals surface area contributed by atoms with E-state index in [0.717, 1.165) is 16.5 Å². The number of carbonyl (C=O) groups is 1. The van der Waals surface area contributed by atoms with Gasteiger partial charge in [-0.3, -0.25) is 4.79 Å². The Hall–Kier alpha value is -3.72. The number of aliphatic hydroxyl groups is 2. The van der Waals surface area contributed by atoms with Crippen molar-refractivity contribution in [3.63, 3.8) is 0 Å². The van der Waals surface area contributed by atoms with E-state index in [0.29, 0.717) is 35.3 Å². The number of fused-ring (bicyclic) bond motifs is 1. The fourth-order valence-corrected chi connectivity index (χ4v) is 4.14. The van der Waals surface area contributed by atoms with Crippen LogP contribution in [0.25, 0.3) is 10.9 Å². The average Bonchev–Trinajstić information content (AvgIpc) is 3.30. The first-order chi connectivity index (χ1) is 17.3. The molecule has 7 nitrogen and oxygen atoms in total. The van der Waals surface area contributed by atoms with E-state index >= 15 is 0 Å². The molecule has 0 aliphatic rings. The Morgan fingerprint density at radius 2 is 1.86 bits per heavy atom. The van der Waals surface area contributed by atoms with Gasteiger partial charge in [-0.1, -0.05) is 30.3 Å². The number of benzene rings is 3. The molecule has 0 aliphatic heterocycles. The molecule has 0 bridgehead atoms. The van der Waals surface area contributed by atoms with Gasteiger partial charge in [-0.05, 0) is 60.9 Å². The number of rotatable bonds is 10. The van der Waals surface area contributed by atoms with Crippen LogP contribution in [0.5, 0.6) is 5.75 Å². The SMILES string of the molecule is C[C@H](Cc1ccc2[nH]c(C(=O)NCc3ccccc3F)cc2c1)NC[C@H](O)c1ccc(O)c(CO)c1. The molecule has 1 heterocycles.